The van der Waals surface area contributed by atoms with E-state index in [9.17, 15) is 0 Å². The average Bonchev–Trinajstić information content (AvgIpc) is 2.46. The van der Waals surface area contributed by atoms with Crippen molar-refractivity contribution >= 4 is 0 Å². The topological polar surface area (TPSA) is 0 Å². The first-order valence-corrected chi connectivity index (χ1v) is 6.65. The van der Waals surface area contributed by atoms with Crippen LogP contribution in [0.15, 0.2) is 48.5 Å². The molecule has 0 amide bonds. The minimum atomic E-state index is 0. The molecule has 0 heterocycles. The predicted octanol–water partition coefficient (Wildman–Crippen LogP) is 5.64. The van der Waals surface area contributed by atoms with Crippen molar-refractivity contribution in [2.45, 2.75) is 41.5 Å². The molecule has 2 aromatic carbocycles. The smallest absolute Gasteiger partial charge is 0 e. The molecule has 0 aromatic heterocycles. The standard InChI is InChI=1S/2C7H7.2C2H6.Y/c2*1-7-5-3-2-4-6-7;2*1-2;/h2*2-5H,1H3;2*1-2H3;/q2*-1;;;. The molecule has 2 aromatic rings. The number of rotatable bonds is 0. The van der Waals surface area contributed by atoms with Crippen molar-refractivity contribution in [2.24, 2.45) is 0 Å². The van der Waals surface area contributed by atoms with Gasteiger partial charge in [0.15, 0.2) is 0 Å². The van der Waals surface area contributed by atoms with Crippen LogP contribution in [0.4, 0.5) is 0 Å². The molecular weight excluding hydrogens is 305 g/mol. The van der Waals surface area contributed by atoms with Crippen LogP contribution in [0.1, 0.15) is 38.8 Å². The third kappa shape index (κ3) is 17.5. The van der Waals surface area contributed by atoms with Crippen molar-refractivity contribution in [3.05, 3.63) is 71.8 Å². The second-order valence-corrected chi connectivity index (χ2v) is 3.09. The largest absolute Gasteiger partial charge is 0.181 e. The fourth-order valence-corrected chi connectivity index (χ4v) is 0.966. The van der Waals surface area contributed by atoms with Gasteiger partial charge in [-0.1, -0.05) is 41.5 Å². The molecule has 103 valence electrons. The van der Waals surface area contributed by atoms with Crippen LogP contribution < -0.4 is 0 Å². The van der Waals surface area contributed by atoms with E-state index in [2.05, 4.69) is 12.1 Å². The third-order valence-corrected chi connectivity index (χ3v) is 1.73. The Morgan fingerprint density at radius 1 is 0.632 bits per heavy atom. The second kappa shape index (κ2) is 19.9. The van der Waals surface area contributed by atoms with Gasteiger partial charge in [0.05, 0.1) is 0 Å². The third-order valence-electron chi connectivity index (χ3n) is 1.73. The van der Waals surface area contributed by atoms with E-state index in [1.54, 1.807) is 0 Å². The van der Waals surface area contributed by atoms with Crippen LogP contribution in [-0.4, -0.2) is 0 Å². The van der Waals surface area contributed by atoms with Crippen LogP contribution in [0.5, 0.6) is 0 Å². The molecule has 0 aliphatic rings. The Balaban J connectivity index is -0.000000205. The average molecular weight is 331 g/mol. The van der Waals surface area contributed by atoms with Gasteiger partial charge in [-0.3, -0.25) is 0 Å². The maximum absolute atomic E-state index is 3.03. The van der Waals surface area contributed by atoms with Gasteiger partial charge < -0.3 is 0 Å². The van der Waals surface area contributed by atoms with Crippen LogP contribution >= 0.6 is 0 Å². The first kappa shape index (κ1) is 23.6. The molecule has 0 fully saturated rings. The first-order chi connectivity index (χ1) is 8.79. The zero-order chi connectivity index (χ0) is 14.2. The summed E-state index contributed by atoms with van der Waals surface area (Å²) in [6.45, 7) is 12.1. The van der Waals surface area contributed by atoms with Crippen LogP contribution in [-0.2, 0) is 32.7 Å². The van der Waals surface area contributed by atoms with Gasteiger partial charge in [0, 0.05) is 32.7 Å². The molecule has 0 bridgehead atoms. The van der Waals surface area contributed by atoms with Gasteiger partial charge in [-0.05, 0) is 0 Å². The van der Waals surface area contributed by atoms with E-state index in [1.165, 1.54) is 11.1 Å². The Bertz CT molecular complexity index is 303. The van der Waals surface area contributed by atoms with Crippen LogP contribution in [0, 0.1) is 26.0 Å². The predicted molar refractivity (Wildman–Crippen MR) is 82.7 cm³/mol. The van der Waals surface area contributed by atoms with Gasteiger partial charge in [0.2, 0.25) is 0 Å². The van der Waals surface area contributed by atoms with Crippen molar-refractivity contribution in [1.29, 1.82) is 0 Å². The van der Waals surface area contributed by atoms with E-state index in [0.717, 1.165) is 0 Å². The van der Waals surface area contributed by atoms with Crippen molar-refractivity contribution in [3.8, 4) is 0 Å². The zero-order valence-corrected chi connectivity index (χ0v) is 16.0. The quantitative estimate of drug-likeness (QED) is 0.548. The van der Waals surface area contributed by atoms with E-state index in [1.807, 2.05) is 90.1 Å². The summed E-state index contributed by atoms with van der Waals surface area (Å²) < 4.78 is 0. The number of hydrogen-bond acceptors (Lipinski definition) is 0. The number of hydrogen-bond donors (Lipinski definition) is 0. The van der Waals surface area contributed by atoms with Crippen LogP contribution in [0.3, 0.4) is 0 Å². The maximum Gasteiger partial charge on any atom is 0 e. The Morgan fingerprint density at radius 2 is 0.947 bits per heavy atom. The minimum absolute atomic E-state index is 0. The van der Waals surface area contributed by atoms with Gasteiger partial charge in [-0.15, -0.1) is 0 Å². The molecule has 0 spiro atoms. The van der Waals surface area contributed by atoms with E-state index >= 15 is 0 Å². The summed E-state index contributed by atoms with van der Waals surface area (Å²) in [6.07, 6.45) is 0. The van der Waals surface area contributed by atoms with Gasteiger partial charge in [-0.2, -0.15) is 71.8 Å². The SMILES string of the molecule is CC.CC.Cc1[c-]cccc1.Cc1[c-]cccc1.[Y]. The molecule has 0 atom stereocenters. The Hall–Kier alpha value is -0.456. The molecule has 0 saturated heterocycles. The Labute approximate surface area is 145 Å². The molecule has 0 aliphatic carbocycles. The minimum Gasteiger partial charge on any atom is -0.181 e. The van der Waals surface area contributed by atoms with Gasteiger partial charge in [0.1, 0.15) is 0 Å². The number of aryl methyl sites for hydroxylation is 2. The van der Waals surface area contributed by atoms with E-state index in [4.69, 9.17) is 0 Å². The number of benzene rings is 2. The van der Waals surface area contributed by atoms with Gasteiger partial charge >= 0.3 is 0 Å². The summed E-state index contributed by atoms with van der Waals surface area (Å²) in [7, 11) is 0. The molecule has 2 rings (SSSR count). The Morgan fingerprint density at radius 3 is 1.05 bits per heavy atom. The molecular formula is C18H26Y-2. The summed E-state index contributed by atoms with van der Waals surface area (Å²) in [6, 6.07) is 21.9. The summed E-state index contributed by atoms with van der Waals surface area (Å²) >= 11 is 0. The molecule has 1 radical (unpaired) electrons. The molecule has 1 heteroatoms. The van der Waals surface area contributed by atoms with Crippen molar-refractivity contribution in [2.75, 3.05) is 0 Å². The second-order valence-electron chi connectivity index (χ2n) is 3.09. The van der Waals surface area contributed by atoms with Crippen molar-refractivity contribution in [1.82, 2.24) is 0 Å². The molecule has 19 heavy (non-hydrogen) atoms. The fourth-order valence-electron chi connectivity index (χ4n) is 0.966. The van der Waals surface area contributed by atoms with E-state index in [0.29, 0.717) is 0 Å². The maximum atomic E-state index is 3.03. The summed E-state index contributed by atoms with van der Waals surface area (Å²) in [4.78, 5) is 0. The molecule has 0 N–H and O–H groups in total. The molecule has 0 nitrogen and oxygen atoms in total. The molecule has 0 unspecified atom stereocenters. The molecule has 0 aliphatic heterocycles. The Kier molecular flexibility index (Phi) is 24.7. The zero-order valence-electron chi connectivity index (χ0n) is 13.2. The van der Waals surface area contributed by atoms with Crippen molar-refractivity contribution in [3.63, 3.8) is 0 Å². The van der Waals surface area contributed by atoms with Crippen molar-refractivity contribution < 1.29 is 32.7 Å². The normalized spacial score (nSPS) is 7.05. The van der Waals surface area contributed by atoms with E-state index in [-0.39, 0.29) is 32.7 Å². The van der Waals surface area contributed by atoms with Gasteiger partial charge in [-0.25, -0.2) is 0 Å². The van der Waals surface area contributed by atoms with Crippen LogP contribution in [0.2, 0.25) is 0 Å². The monoisotopic (exact) mass is 331 g/mol. The van der Waals surface area contributed by atoms with Crippen LogP contribution in [0.25, 0.3) is 0 Å². The van der Waals surface area contributed by atoms with E-state index < -0.39 is 0 Å². The fraction of sp³-hybridized carbons (Fsp3) is 0.333. The first-order valence-electron chi connectivity index (χ1n) is 6.65. The summed E-state index contributed by atoms with van der Waals surface area (Å²) in [5.74, 6) is 0. The summed E-state index contributed by atoms with van der Waals surface area (Å²) in [5.41, 5.74) is 2.39. The molecule has 0 saturated carbocycles. The van der Waals surface area contributed by atoms with Gasteiger partial charge in [0.25, 0.3) is 0 Å². The summed E-state index contributed by atoms with van der Waals surface area (Å²) in [5, 5.41) is 0.